The van der Waals surface area contributed by atoms with E-state index in [1.807, 2.05) is 0 Å². The van der Waals surface area contributed by atoms with Crippen molar-refractivity contribution in [1.29, 1.82) is 0 Å². The highest BCUT2D eigenvalue weighted by atomic mass is 35.5. The number of nitrogens with zero attached hydrogens (tertiary/aromatic N) is 4. The number of halogens is 1. The average molecular weight is 464 g/mol. The lowest BCUT2D eigenvalue weighted by Gasteiger charge is -2.25. The Labute approximate surface area is 176 Å². The summed E-state index contributed by atoms with van der Waals surface area (Å²) in [5.41, 5.74) is 0.319. The molecule has 1 aliphatic heterocycles. The molecule has 12 nitrogen and oxygen atoms in total. The van der Waals surface area contributed by atoms with Crippen LogP contribution in [-0.4, -0.2) is 77.6 Å². The fourth-order valence-electron chi connectivity index (χ4n) is 3.51. The van der Waals surface area contributed by atoms with Crippen LogP contribution in [0.25, 0.3) is 11.0 Å². The van der Waals surface area contributed by atoms with Crippen molar-refractivity contribution < 1.29 is 34.0 Å². The summed E-state index contributed by atoms with van der Waals surface area (Å²) in [5, 5.41) is 28.8. The Morgan fingerprint density at radius 3 is 2.73 bits per heavy atom. The van der Waals surface area contributed by atoms with E-state index in [1.165, 1.54) is 30.1 Å². The first kappa shape index (κ1) is 21.8. The number of aliphatic hydroxyl groups is 2. The molecule has 1 saturated carbocycles. The third kappa shape index (κ3) is 4.61. The first-order chi connectivity index (χ1) is 14.2. The number of aliphatic hydroxyl groups excluding tert-OH is 2. The van der Waals surface area contributed by atoms with E-state index in [-0.39, 0.29) is 11.9 Å². The van der Waals surface area contributed by atoms with Gasteiger partial charge in [0, 0.05) is 6.54 Å². The molecule has 4 rings (SSSR count). The summed E-state index contributed by atoms with van der Waals surface area (Å²) in [5.74, 6) is 1.12. The molecule has 0 bridgehead atoms. The second kappa shape index (κ2) is 8.64. The van der Waals surface area contributed by atoms with Crippen LogP contribution in [0.15, 0.2) is 6.20 Å². The van der Waals surface area contributed by atoms with Gasteiger partial charge in [-0.15, -0.1) is 0 Å². The van der Waals surface area contributed by atoms with Gasteiger partial charge in [-0.3, -0.25) is 4.57 Å². The van der Waals surface area contributed by atoms with Gasteiger partial charge in [0.1, 0.15) is 30.5 Å². The van der Waals surface area contributed by atoms with Crippen molar-refractivity contribution in [2.75, 3.05) is 24.8 Å². The minimum absolute atomic E-state index is 0.00470. The highest BCUT2D eigenvalue weighted by Crippen LogP contribution is 2.36. The van der Waals surface area contributed by atoms with Crippen LogP contribution in [0.2, 0.25) is 5.28 Å². The zero-order valence-electron chi connectivity index (χ0n) is 15.8. The molecule has 2 aliphatic rings. The normalized spacial score (nSPS) is 27.5. The van der Waals surface area contributed by atoms with Gasteiger partial charge in [0.05, 0.1) is 18.2 Å². The molecule has 0 spiro atoms. The van der Waals surface area contributed by atoms with Crippen LogP contribution < -0.4 is 5.32 Å². The van der Waals surface area contributed by atoms with Gasteiger partial charge in [0.25, 0.3) is 0 Å². The number of anilines is 1. The van der Waals surface area contributed by atoms with E-state index in [1.54, 1.807) is 0 Å². The molecular formula is C16H23ClN5O7P. The second-order valence-corrected chi connectivity index (χ2v) is 9.48. The molecule has 30 heavy (non-hydrogen) atoms. The standard InChI is InChI=1S/C16H23ClN5O7P/c17-16-20-13(18-4-8-2-1-3-8)9-5-19-22(14(9)21-16)15-12(24)11(23)10(29-15)6-28-7-30(25,26)27/h5,8,10-12,15,23-24H,1-4,6-7H2,(H,18,20,21)(H2,25,26,27)/t10-,11-,12-,15-/m1/s1. The van der Waals surface area contributed by atoms with Crippen molar-refractivity contribution in [3.8, 4) is 0 Å². The minimum Gasteiger partial charge on any atom is -0.387 e. The molecule has 2 fully saturated rings. The number of nitrogens with one attached hydrogen (secondary N) is 1. The highest BCUT2D eigenvalue weighted by Gasteiger charge is 2.45. The van der Waals surface area contributed by atoms with E-state index < -0.39 is 38.5 Å². The summed E-state index contributed by atoms with van der Waals surface area (Å²) in [6.45, 7) is 0.441. The number of hydrogen-bond donors (Lipinski definition) is 5. The summed E-state index contributed by atoms with van der Waals surface area (Å²) in [6, 6.07) is 0. The lowest BCUT2D eigenvalue weighted by molar-refractivity contribution is -0.0658. The van der Waals surface area contributed by atoms with Crippen molar-refractivity contribution in [2.24, 2.45) is 5.92 Å². The fourth-order valence-corrected chi connectivity index (χ4v) is 4.02. The van der Waals surface area contributed by atoms with E-state index in [0.29, 0.717) is 22.8 Å². The molecule has 2 aromatic rings. The quantitative estimate of drug-likeness (QED) is 0.272. The van der Waals surface area contributed by atoms with E-state index >= 15 is 0 Å². The van der Waals surface area contributed by atoms with Crippen LogP contribution in [-0.2, 0) is 14.0 Å². The van der Waals surface area contributed by atoms with Gasteiger partial charge in [-0.2, -0.15) is 15.1 Å². The molecule has 14 heteroatoms. The summed E-state index contributed by atoms with van der Waals surface area (Å²) in [7, 11) is -4.35. The molecule has 4 atom stereocenters. The fraction of sp³-hybridized carbons (Fsp3) is 0.688. The molecule has 0 aromatic carbocycles. The monoisotopic (exact) mass is 463 g/mol. The van der Waals surface area contributed by atoms with Gasteiger partial charge in [0.15, 0.2) is 11.9 Å². The van der Waals surface area contributed by atoms with Crippen molar-refractivity contribution in [3.05, 3.63) is 11.5 Å². The molecule has 0 amide bonds. The van der Waals surface area contributed by atoms with Gasteiger partial charge < -0.3 is 34.8 Å². The molecule has 3 heterocycles. The Balaban J connectivity index is 1.52. The lowest BCUT2D eigenvalue weighted by atomic mass is 9.85. The molecule has 1 aliphatic carbocycles. The van der Waals surface area contributed by atoms with Crippen molar-refractivity contribution >= 4 is 36.0 Å². The predicted octanol–water partition coefficient (Wildman–Crippen LogP) is 0.463. The molecule has 0 unspecified atom stereocenters. The molecule has 1 saturated heterocycles. The Kier molecular flexibility index (Phi) is 6.29. The highest BCUT2D eigenvalue weighted by molar-refractivity contribution is 7.51. The molecule has 2 aromatic heterocycles. The van der Waals surface area contributed by atoms with Crippen LogP contribution in [0, 0.1) is 5.92 Å². The summed E-state index contributed by atoms with van der Waals surface area (Å²) in [6.07, 6.45) is -0.548. The van der Waals surface area contributed by atoms with Gasteiger partial charge in [-0.05, 0) is 30.4 Å². The number of fused-ring (bicyclic) bond motifs is 1. The lowest BCUT2D eigenvalue weighted by Crippen LogP contribution is -2.34. The first-order valence-electron chi connectivity index (χ1n) is 9.51. The van der Waals surface area contributed by atoms with Crippen molar-refractivity contribution in [1.82, 2.24) is 19.7 Å². The van der Waals surface area contributed by atoms with E-state index in [9.17, 15) is 14.8 Å². The second-order valence-electron chi connectivity index (χ2n) is 7.56. The Hall–Kier alpha value is -1.37. The molecule has 0 radical (unpaired) electrons. The summed E-state index contributed by atoms with van der Waals surface area (Å²) < 4.78 is 22.8. The maximum atomic E-state index is 10.9. The van der Waals surface area contributed by atoms with Crippen LogP contribution in [0.3, 0.4) is 0 Å². The van der Waals surface area contributed by atoms with E-state index in [0.717, 1.165) is 6.54 Å². The third-order valence-corrected chi connectivity index (χ3v) is 6.02. The number of rotatable bonds is 8. The molecule has 5 N–H and O–H groups in total. The Bertz CT molecular complexity index is 951. The summed E-state index contributed by atoms with van der Waals surface area (Å²) in [4.78, 5) is 26.1. The van der Waals surface area contributed by atoms with Crippen LogP contribution in [0.4, 0.5) is 5.82 Å². The van der Waals surface area contributed by atoms with E-state index in [4.69, 9.17) is 30.9 Å². The molecule has 166 valence electrons. The number of aromatic nitrogens is 4. The minimum atomic E-state index is -4.35. The maximum absolute atomic E-state index is 10.9. The maximum Gasteiger partial charge on any atom is 0.350 e. The predicted molar refractivity (Wildman–Crippen MR) is 105 cm³/mol. The zero-order valence-corrected chi connectivity index (χ0v) is 17.5. The van der Waals surface area contributed by atoms with Gasteiger partial charge in [0.2, 0.25) is 5.28 Å². The topological polar surface area (TPSA) is 172 Å². The summed E-state index contributed by atoms with van der Waals surface area (Å²) >= 11 is 6.08. The van der Waals surface area contributed by atoms with E-state index in [2.05, 4.69) is 20.4 Å². The van der Waals surface area contributed by atoms with Crippen molar-refractivity contribution in [3.63, 3.8) is 0 Å². The van der Waals surface area contributed by atoms with Crippen LogP contribution >= 0.6 is 19.2 Å². The van der Waals surface area contributed by atoms with Crippen LogP contribution in [0.5, 0.6) is 0 Å². The Morgan fingerprint density at radius 1 is 1.30 bits per heavy atom. The zero-order chi connectivity index (χ0) is 21.5. The smallest absolute Gasteiger partial charge is 0.350 e. The Morgan fingerprint density at radius 2 is 2.07 bits per heavy atom. The van der Waals surface area contributed by atoms with Gasteiger partial charge in [-0.25, -0.2) is 4.68 Å². The van der Waals surface area contributed by atoms with Gasteiger partial charge >= 0.3 is 7.60 Å². The largest absolute Gasteiger partial charge is 0.387 e. The average Bonchev–Trinajstić information content (AvgIpc) is 3.15. The number of hydrogen-bond acceptors (Lipinski definition) is 9. The third-order valence-electron chi connectivity index (χ3n) is 5.33. The first-order valence-corrected chi connectivity index (χ1v) is 11.7. The van der Waals surface area contributed by atoms with Crippen molar-refractivity contribution in [2.45, 2.75) is 43.8 Å². The molecular weight excluding hydrogens is 441 g/mol. The van der Waals surface area contributed by atoms with Crippen LogP contribution in [0.1, 0.15) is 25.5 Å². The van der Waals surface area contributed by atoms with Gasteiger partial charge in [-0.1, -0.05) is 6.42 Å². The number of ether oxygens (including phenoxy) is 2. The SMILES string of the molecule is O=P(O)(O)COC[C@H]1O[C@@H](n2ncc3c(NCC4CCC4)nc(Cl)nc32)[C@H](O)[C@@H]1O.